The molecule has 4 rings (SSSR count). The van der Waals surface area contributed by atoms with Gasteiger partial charge in [0, 0.05) is 12.3 Å². The number of carbonyl (C=O) groups is 1. The van der Waals surface area contributed by atoms with Crippen LogP contribution < -0.4 is 18.9 Å². The Morgan fingerprint density at radius 1 is 0.914 bits per heavy atom. The molecule has 0 atom stereocenters. The number of hydrogen-bond donors (Lipinski definition) is 1. The zero-order valence-corrected chi connectivity index (χ0v) is 19.9. The second kappa shape index (κ2) is 9.85. The number of para-hydroxylation sites is 1. The maximum atomic E-state index is 13.2. The molecule has 2 aromatic carbocycles. The number of sulfonamides is 1. The number of ether oxygens (including phenoxy) is 3. The molecule has 182 valence electrons. The van der Waals surface area contributed by atoms with Crippen molar-refractivity contribution in [3.05, 3.63) is 72.2 Å². The fourth-order valence-corrected chi connectivity index (χ4v) is 4.45. The van der Waals surface area contributed by atoms with Gasteiger partial charge in [-0.3, -0.25) is 4.79 Å². The van der Waals surface area contributed by atoms with Crippen LogP contribution in [0.3, 0.4) is 0 Å². The molecule has 4 aromatic rings. The van der Waals surface area contributed by atoms with Gasteiger partial charge in [0.25, 0.3) is 5.95 Å². The van der Waals surface area contributed by atoms with Crippen LogP contribution in [0.5, 0.6) is 17.4 Å². The highest BCUT2D eigenvalue weighted by Crippen LogP contribution is 2.34. The summed E-state index contributed by atoms with van der Waals surface area (Å²) in [4.78, 5) is 13.2. The zero-order valence-electron chi connectivity index (χ0n) is 19.1. The summed E-state index contributed by atoms with van der Waals surface area (Å²) in [5, 5.41) is 12.3. The van der Waals surface area contributed by atoms with Crippen LogP contribution in [0.2, 0.25) is 0 Å². The number of aromatic nitrogens is 5. The summed E-state index contributed by atoms with van der Waals surface area (Å²) in [5.74, 6) is -0.698. The van der Waals surface area contributed by atoms with Crippen molar-refractivity contribution in [2.75, 3.05) is 21.3 Å². The Morgan fingerprint density at radius 3 is 2.20 bits per heavy atom. The molecule has 13 heteroatoms. The van der Waals surface area contributed by atoms with Gasteiger partial charge in [-0.05, 0) is 17.7 Å². The first-order chi connectivity index (χ1) is 16.9. The van der Waals surface area contributed by atoms with E-state index >= 15 is 0 Å². The highest BCUT2D eigenvalue weighted by atomic mass is 32.2. The molecule has 2 aromatic heterocycles. The van der Waals surface area contributed by atoms with E-state index in [1.807, 2.05) is 0 Å². The second-order valence-electron chi connectivity index (χ2n) is 7.15. The predicted molar refractivity (Wildman–Crippen MR) is 125 cm³/mol. The van der Waals surface area contributed by atoms with E-state index in [0.717, 1.165) is 0 Å². The van der Waals surface area contributed by atoms with Crippen LogP contribution in [0.1, 0.15) is 16.2 Å². The molecule has 0 aliphatic carbocycles. The van der Waals surface area contributed by atoms with Crippen molar-refractivity contribution < 1.29 is 27.4 Å². The van der Waals surface area contributed by atoms with Crippen molar-refractivity contribution >= 4 is 15.9 Å². The highest BCUT2D eigenvalue weighted by molar-refractivity contribution is 7.89. The van der Waals surface area contributed by atoms with Gasteiger partial charge in [0.15, 0.2) is 0 Å². The van der Waals surface area contributed by atoms with E-state index in [1.54, 1.807) is 60.8 Å². The van der Waals surface area contributed by atoms with Crippen molar-refractivity contribution in [1.29, 1.82) is 0 Å². The molecule has 0 radical (unpaired) electrons. The number of amides is 1. The molecule has 0 aliphatic heterocycles. The Hall–Kier alpha value is -4.39. The average molecular weight is 499 g/mol. The van der Waals surface area contributed by atoms with Crippen molar-refractivity contribution in [1.82, 2.24) is 29.3 Å². The third-order valence-electron chi connectivity index (χ3n) is 4.90. The van der Waals surface area contributed by atoms with Gasteiger partial charge in [-0.1, -0.05) is 36.4 Å². The van der Waals surface area contributed by atoms with Crippen molar-refractivity contribution in [3.8, 4) is 29.0 Å². The first-order valence-corrected chi connectivity index (χ1v) is 11.9. The summed E-state index contributed by atoms with van der Waals surface area (Å²) in [6, 6.07) is 15.1. The molecule has 12 nitrogen and oxygen atoms in total. The Bertz CT molecular complexity index is 1430. The quantitative estimate of drug-likeness (QED) is 0.365. The number of carbonyl (C=O) groups excluding carboxylic acids is 1. The molecule has 35 heavy (non-hydrogen) atoms. The molecule has 0 saturated heterocycles. The Labute approximate surface area is 201 Å². The van der Waals surface area contributed by atoms with Gasteiger partial charge in [-0.2, -0.15) is 0 Å². The number of methoxy groups -OCH3 is 3. The van der Waals surface area contributed by atoms with Crippen molar-refractivity contribution in [2.24, 2.45) is 0 Å². The van der Waals surface area contributed by atoms with Gasteiger partial charge in [-0.15, -0.1) is 15.3 Å². The molecule has 2 heterocycles. The van der Waals surface area contributed by atoms with Gasteiger partial charge in [0.05, 0.1) is 27.1 Å². The van der Waals surface area contributed by atoms with E-state index in [-0.39, 0.29) is 17.5 Å². The average Bonchev–Trinajstić information content (AvgIpc) is 3.50. The minimum atomic E-state index is -4.05. The lowest BCUT2D eigenvalue weighted by Crippen LogP contribution is -2.33. The van der Waals surface area contributed by atoms with Crippen molar-refractivity contribution in [3.63, 3.8) is 0 Å². The van der Waals surface area contributed by atoms with Gasteiger partial charge in [0.2, 0.25) is 21.7 Å². The fourth-order valence-electron chi connectivity index (χ4n) is 3.37. The summed E-state index contributed by atoms with van der Waals surface area (Å²) in [5.41, 5.74) is 0.794. The van der Waals surface area contributed by atoms with Gasteiger partial charge in [0.1, 0.15) is 17.2 Å². The van der Waals surface area contributed by atoms with Crippen LogP contribution in [0.15, 0.2) is 60.8 Å². The summed E-state index contributed by atoms with van der Waals surface area (Å²) in [7, 11) is 0.298. The van der Waals surface area contributed by atoms with Gasteiger partial charge in [-0.25, -0.2) is 22.4 Å². The molecule has 1 amide bonds. The molecule has 1 N–H and O–H groups in total. The fraction of sp³-hybridized carbons (Fsp3) is 0.182. The SMILES string of the molecule is COc1ccn(-c2nnc(C(=O)NS(=O)(=O)Cc3ccccc3)n2-c2c(OC)cccc2OC)n1. The predicted octanol–water partition coefficient (Wildman–Crippen LogP) is 1.74. The Kier molecular flexibility index (Phi) is 6.68. The summed E-state index contributed by atoms with van der Waals surface area (Å²) in [6.45, 7) is 0. The van der Waals surface area contributed by atoms with E-state index in [0.29, 0.717) is 22.9 Å². The second-order valence-corrected chi connectivity index (χ2v) is 8.87. The molecule has 0 spiro atoms. The first-order valence-electron chi connectivity index (χ1n) is 10.2. The summed E-state index contributed by atoms with van der Waals surface area (Å²) >= 11 is 0. The van der Waals surface area contributed by atoms with Gasteiger partial charge >= 0.3 is 5.91 Å². The smallest absolute Gasteiger partial charge is 0.303 e. The number of hydrogen-bond acceptors (Lipinski definition) is 9. The minimum absolute atomic E-state index is 0.0710. The molecule has 0 unspecified atom stereocenters. The van der Waals surface area contributed by atoms with E-state index in [9.17, 15) is 13.2 Å². The van der Waals surface area contributed by atoms with E-state index < -0.39 is 21.7 Å². The lowest BCUT2D eigenvalue weighted by molar-refractivity contribution is 0.0969. The zero-order chi connectivity index (χ0) is 25.0. The number of benzene rings is 2. The Balaban J connectivity index is 1.82. The molecule has 0 bridgehead atoms. The standard InChI is InChI=1S/C22H22N6O6S/c1-32-16-10-7-11-17(33-2)19(16)28-20(23-24-22(28)27-13-12-18(25-27)34-3)21(29)26-35(30,31)14-15-8-5-4-6-9-15/h4-13H,14H2,1-3H3,(H,26,29). The van der Waals surface area contributed by atoms with Crippen LogP contribution in [0.25, 0.3) is 11.6 Å². The topological polar surface area (TPSA) is 139 Å². The van der Waals surface area contributed by atoms with Crippen LogP contribution in [0, 0.1) is 0 Å². The molecular weight excluding hydrogens is 476 g/mol. The normalized spacial score (nSPS) is 11.2. The molecule has 0 fully saturated rings. The Morgan fingerprint density at radius 2 is 1.60 bits per heavy atom. The largest absolute Gasteiger partial charge is 0.494 e. The maximum Gasteiger partial charge on any atom is 0.303 e. The maximum absolute atomic E-state index is 13.2. The number of nitrogens with one attached hydrogen (secondary N) is 1. The minimum Gasteiger partial charge on any atom is -0.494 e. The molecular formula is C22H22N6O6S. The van der Waals surface area contributed by atoms with Gasteiger partial charge < -0.3 is 14.2 Å². The van der Waals surface area contributed by atoms with Crippen LogP contribution in [0.4, 0.5) is 0 Å². The van der Waals surface area contributed by atoms with Crippen LogP contribution >= 0.6 is 0 Å². The first kappa shape index (κ1) is 23.8. The van der Waals surface area contributed by atoms with Crippen LogP contribution in [-0.2, 0) is 15.8 Å². The highest BCUT2D eigenvalue weighted by Gasteiger charge is 2.29. The summed E-state index contributed by atoms with van der Waals surface area (Å²) < 4.78 is 46.2. The monoisotopic (exact) mass is 498 g/mol. The number of nitrogens with zero attached hydrogens (tertiary/aromatic N) is 5. The number of rotatable bonds is 9. The lowest BCUT2D eigenvalue weighted by Gasteiger charge is -2.16. The van der Waals surface area contributed by atoms with E-state index in [2.05, 4.69) is 20.0 Å². The third-order valence-corrected chi connectivity index (χ3v) is 6.11. The van der Waals surface area contributed by atoms with E-state index in [4.69, 9.17) is 14.2 Å². The third kappa shape index (κ3) is 4.94. The van der Waals surface area contributed by atoms with E-state index in [1.165, 1.54) is 30.6 Å². The van der Waals surface area contributed by atoms with Crippen molar-refractivity contribution in [2.45, 2.75) is 5.75 Å². The summed E-state index contributed by atoms with van der Waals surface area (Å²) in [6.07, 6.45) is 1.55. The van der Waals surface area contributed by atoms with Crippen LogP contribution in [-0.4, -0.2) is 60.2 Å². The molecule has 0 aliphatic rings. The lowest BCUT2D eigenvalue weighted by atomic mass is 10.2. The molecule has 0 saturated carbocycles.